The maximum atomic E-state index is 13.2. The van der Waals surface area contributed by atoms with Crippen molar-refractivity contribution < 1.29 is 27.1 Å². The zero-order valence-electron chi connectivity index (χ0n) is 24.6. The van der Waals surface area contributed by atoms with Crippen molar-refractivity contribution in [3.05, 3.63) is 89.7 Å². The van der Waals surface area contributed by atoms with Crippen LogP contribution in [0.15, 0.2) is 77.7 Å². The Bertz CT molecular complexity index is 1420. The number of halogens is 1. The van der Waals surface area contributed by atoms with Crippen LogP contribution in [-0.4, -0.2) is 32.5 Å². The second-order valence-corrected chi connectivity index (χ2v) is 13.5. The second kappa shape index (κ2) is 14.7. The summed E-state index contributed by atoms with van der Waals surface area (Å²) < 4.78 is 44.6. The second-order valence-electron chi connectivity index (χ2n) is 11.5. The number of hydrogen-bond acceptors (Lipinski definition) is 5. The van der Waals surface area contributed by atoms with Gasteiger partial charge in [-0.15, -0.1) is 0 Å². The quantitative estimate of drug-likeness (QED) is 0.190. The van der Waals surface area contributed by atoms with Crippen LogP contribution in [0.3, 0.4) is 0 Å². The number of ether oxygens (including phenoxy) is 1. The Balaban J connectivity index is 1.25. The van der Waals surface area contributed by atoms with Gasteiger partial charge in [-0.1, -0.05) is 55.5 Å². The molecule has 7 heteroatoms. The van der Waals surface area contributed by atoms with Gasteiger partial charge in [0.15, 0.2) is 9.84 Å². The van der Waals surface area contributed by atoms with E-state index in [2.05, 4.69) is 0 Å². The van der Waals surface area contributed by atoms with Crippen LogP contribution in [-0.2, 0) is 30.6 Å². The normalized spacial score (nSPS) is 17.9. The van der Waals surface area contributed by atoms with Crippen molar-refractivity contribution in [3.8, 4) is 11.1 Å². The van der Waals surface area contributed by atoms with Gasteiger partial charge in [-0.25, -0.2) is 12.8 Å². The number of aryl methyl sites for hydroxylation is 1. The zero-order chi connectivity index (χ0) is 30.1. The smallest absolute Gasteiger partial charge is 0.305 e. The first-order valence-corrected chi connectivity index (χ1v) is 16.7. The highest BCUT2D eigenvalue weighted by atomic mass is 32.2. The van der Waals surface area contributed by atoms with Crippen LogP contribution < -0.4 is 0 Å². The lowest BCUT2D eigenvalue weighted by Gasteiger charge is -2.28. The molecule has 0 amide bonds. The van der Waals surface area contributed by atoms with E-state index in [4.69, 9.17) is 4.74 Å². The first-order chi connectivity index (χ1) is 20.1. The molecule has 0 aliphatic heterocycles. The Kier molecular flexibility index (Phi) is 11.1. The number of sulfone groups is 1. The standard InChI is InChI=1S/C35H41FO5S/c1-3-41-35(38)6-4-5-26-7-11-29(12-8-26)30-17-21-33(22-18-30)42(39,40)24-27-9-13-31(14-10-27)34(37)23-25(2)28-15-19-32(36)20-16-28/h7-8,11-12,15-22,25,27,31H,3-6,9-10,13-14,23-24H2,1-2H3/t25-,27?,31?/m0/s1. The number of hydrogen-bond donors (Lipinski definition) is 0. The predicted molar refractivity (Wildman–Crippen MR) is 163 cm³/mol. The molecule has 0 saturated heterocycles. The molecule has 1 fully saturated rings. The molecule has 0 unspecified atom stereocenters. The van der Waals surface area contributed by atoms with Crippen LogP contribution in [0.5, 0.6) is 0 Å². The van der Waals surface area contributed by atoms with Gasteiger partial charge < -0.3 is 4.74 Å². The SMILES string of the molecule is CCOC(=O)CCCc1ccc(-c2ccc(S(=O)(=O)CC3CCC(C(=O)C[C@H](C)c4ccc(F)cc4)CC3)cc2)cc1. The van der Waals surface area contributed by atoms with E-state index in [1.165, 1.54) is 12.1 Å². The Morgan fingerprint density at radius 2 is 1.48 bits per heavy atom. The molecule has 3 aromatic rings. The molecule has 0 radical (unpaired) electrons. The molecule has 0 spiro atoms. The Hall–Kier alpha value is -3.32. The topological polar surface area (TPSA) is 77.5 Å². The maximum absolute atomic E-state index is 13.2. The van der Waals surface area contributed by atoms with E-state index in [1.54, 1.807) is 31.2 Å². The minimum absolute atomic E-state index is 0.0277. The molecule has 1 aliphatic rings. The highest BCUT2D eigenvalue weighted by Gasteiger charge is 2.30. The van der Waals surface area contributed by atoms with Crippen molar-refractivity contribution in [2.75, 3.05) is 12.4 Å². The summed E-state index contributed by atoms with van der Waals surface area (Å²) in [4.78, 5) is 24.8. The Morgan fingerprint density at radius 3 is 2.07 bits per heavy atom. The fourth-order valence-corrected chi connectivity index (χ4v) is 7.52. The number of ketones is 1. The molecule has 0 aromatic heterocycles. The number of benzene rings is 3. The average molecular weight is 593 g/mol. The fourth-order valence-electron chi connectivity index (χ4n) is 5.82. The number of rotatable bonds is 13. The van der Waals surface area contributed by atoms with Crippen molar-refractivity contribution in [2.24, 2.45) is 11.8 Å². The van der Waals surface area contributed by atoms with Gasteiger partial charge in [0.25, 0.3) is 0 Å². The summed E-state index contributed by atoms with van der Waals surface area (Å²) in [5, 5.41) is 0. The summed E-state index contributed by atoms with van der Waals surface area (Å²) in [7, 11) is -3.44. The highest BCUT2D eigenvalue weighted by Crippen LogP contribution is 2.34. The lowest BCUT2D eigenvalue weighted by atomic mass is 9.78. The van der Waals surface area contributed by atoms with E-state index >= 15 is 0 Å². The summed E-state index contributed by atoms with van der Waals surface area (Å²) in [6.07, 6.45) is 5.24. The Morgan fingerprint density at radius 1 is 0.881 bits per heavy atom. The van der Waals surface area contributed by atoms with Gasteiger partial charge in [0.05, 0.1) is 17.3 Å². The molecule has 0 N–H and O–H groups in total. The minimum atomic E-state index is -3.44. The van der Waals surface area contributed by atoms with Crippen LogP contribution in [0.1, 0.15) is 75.8 Å². The number of carbonyl (C=O) groups excluding carboxylic acids is 2. The van der Waals surface area contributed by atoms with Gasteiger partial charge in [0.2, 0.25) is 0 Å². The van der Waals surface area contributed by atoms with Crippen LogP contribution in [0.25, 0.3) is 11.1 Å². The first kappa shape index (κ1) is 31.6. The molecule has 3 aromatic carbocycles. The third kappa shape index (κ3) is 8.84. The van der Waals surface area contributed by atoms with Crippen molar-refractivity contribution in [2.45, 2.75) is 76.0 Å². The number of carbonyl (C=O) groups is 2. The molecule has 1 atom stereocenters. The van der Waals surface area contributed by atoms with Gasteiger partial charge in [-0.3, -0.25) is 9.59 Å². The molecule has 1 aliphatic carbocycles. The molecule has 224 valence electrons. The summed E-state index contributed by atoms with van der Waals surface area (Å²) >= 11 is 0. The summed E-state index contributed by atoms with van der Waals surface area (Å²) in [5.74, 6) is -0.0998. The largest absolute Gasteiger partial charge is 0.466 e. The van der Waals surface area contributed by atoms with E-state index in [9.17, 15) is 22.4 Å². The fraction of sp³-hybridized carbons (Fsp3) is 0.429. The number of esters is 1. The van der Waals surface area contributed by atoms with E-state index in [0.29, 0.717) is 37.2 Å². The van der Waals surface area contributed by atoms with Crippen molar-refractivity contribution >= 4 is 21.6 Å². The van der Waals surface area contributed by atoms with E-state index in [0.717, 1.165) is 47.9 Å². The zero-order valence-corrected chi connectivity index (χ0v) is 25.4. The van der Waals surface area contributed by atoms with Gasteiger partial charge in [0.1, 0.15) is 11.6 Å². The highest BCUT2D eigenvalue weighted by molar-refractivity contribution is 7.91. The van der Waals surface area contributed by atoms with Crippen molar-refractivity contribution in [1.82, 2.24) is 0 Å². The molecule has 0 heterocycles. The van der Waals surface area contributed by atoms with E-state index < -0.39 is 9.84 Å². The summed E-state index contributed by atoms with van der Waals surface area (Å²) in [5.41, 5.74) is 4.04. The molecule has 42 heavy (non-hydrogen) atoms. The van der Waals surface area contributed by atoms with Crippen molar-refractivity contribution in [1.29, 1.82) is 0 Å². The van der Waals surface area contributed by atoms with Gasteiger partial charge in [0, 0.05) is 18.8 Å². The van der Waals surface area contributed by atoms with Crippen molar-refractivity contribution in [3.63, 3.8) is 0 Å². The lowest BCUT2D eigenvalue weighted by Crippen LogP contribution is -2.26. The average Bonchev–Trinajstić information content (AvgIpc) is 2.98. The Labute approximate surface area is 249 Å². The summed E-state index contributed by atoms with van der Waals surface area (Å²) in [6, 6.07) is 21.5. The predicted octanol–water partition coefficient (Wildman–Crippen LogP) is 7.72. The molecular formula is C35H41FO5S. The molecular weight excluding hydrogens is 551 g/mol. The van der Waals surface area contributed by atoms with Crippen LogP contribution in [0.4, 0.5) is 4.39 Å². The van der Waals surface area contributed by atoms with Gasteiger partial charge in [-0.2, -0.15) is 0 Å². The van der Waals surface area contributed by atoms with Crippen LogP contribution >= 0.6 is 0 Å². The van der Waals surface area contributed by atoms with Gasteiger partial charge >= 0.3 is 5.97 Å². The monoisotopic (exact) mass is 592 g/mol. The molecule has 0 bridgehead atoms. The van der Waals surface area contributed by atoms with Gasteiger partial charge in [-0.05, 0) is 104 Å². The molecule has 5 nitrogen and oxygen atoms in total. The molecule has 4 rings (SSSR count). The van der Waals surface area contributed by atoms with E-state index in [-0.39, 0.29) is 41.1 Å². The third-order valence-electron chi connectivity index (χ3n) is 8.36. The minimum Gasteiger partial charge on any atom is -0.466 e. The number of Topliss-reactive ketones (excluding diaryl/α,β-unsaturated/α-hetero) is 1. The first-order valence-electron chi connectivity index (χ1n) is 15.0. The lowest BCUT2D eigenvalue weighted by molar-refractivity contribution is -0.143. The third-order valence-corrected chi connectivity index (χ3v) is 10.3. The van der Waals surface area contributed by atoms with Crippen LogP contribution in [0, 0.1) is 17.7 Å². The maximum Gasteiger partial charge on any atom is 0.305 e. The van der Waals surface area contributed by atoms with Crippen LogP contribution in [0.2, 0.25) is 0 Å². The molecule has 1 saturated carbocycles. The van der Waals surface area contributed by atoms with E-state index in [1.807, 2.05) is 43.3 Å². The summed E-state index contributed by atoms with van der Waals surface area (Å²) in [6.45, 7) is 4.19.